The van der Waals surface area contributed by atoms with Gasteiger partial charge in [0.2, 0.25) is 0 Å². The van der Waals surface area contributed by atoms with Crippen LogP contribution in [0.25, 0.3) is 11.0 Å². The van der Waals surface area contributed by atoms with Crippen LogP contribution in [0.5, 0.6) is 0 Å². The third-order valence-electron chi connectivity index (χ3n) is 2.37. The number of esters is 1. The summed E-state index contributed by atoms with van der Waals surface area (Å²) < 4.78 is 10.4. The molecular formula is C13H14O3. The van der Waals surface area contributed by atoms with Crippen LogP contribution in [0, 0.1) is 0 Å². The number of rotatable bonds is 4. The SMILES string of the molecule is CCCC(=O)OCc1ccc2occc2c1. The highest BCUT2D eigenvalue weighted by Crippen LogP contribution is 2.17. The van der Waals surface area contributed by atoms with Gasteiger partial charge in [-0.1, -0.05) is 13.0 Å². The molecule has 0 radical (unpaired) electrons. The maximum atomic E-state index is 11.2. The fourth-order valence-corrected chi connectivity index (χ4v) is 1.55. The molecule has 0 aliphatic rings. The van der Waals surface area contributed by atoms with E-state index >= 15 is 0 Å². The smallest absolute Gasteiger partial charge is 0.306 e. The fourth-order valence-electron chi connectivity index (χ4n) is 1.55. The van der Waals surface area contributed by atoms with E-state index in [0.29, 0.717) is 13.0 Å². The van der Waals surface area contributed by atoms with Gasteiger partial charge in [-0.15, -0.1) is 0 Å². The van der Waals surface area contributed by atoms with E-state index in [1.807, 2.05) is 31.2 Å². The molecule has 0 unspecified atom stereocenters. The minimum atomic E-state index is -0.144. The normalized spacial score (nSPS) is 10.6. The summed E-state index contributed by atoms with van der Waals surface area (Å²) in [4.78, 5) is 11.2. The lowest BCUT2D eigenvalue weighted by atomic mass is 10.2. The zero-order chi connectivity index (χ0) is 11.4. The number of ether oxygens (including phenoxy) is 1. The molecule has 3 heteroatoms. The molecule has 0 N–H and O–H groups in total. The summed E-state index contributed by atoms with van der Waals surface area (Å²) in [6.45, 7) is 2.29. The molecule has 0 aliphatic heterocycles. The predicted molar refractivity (Wildman–Crippen MR) is 60.9 cm³/mol. The summed E-state index contributed by atoms with van der Waals surface area (Å²) in [6.07, 6.45) is 2.95. The zero-order valence-electron chi connectivity index (χ0n) is 9.23. The van der Waals surface area contributed by atoms with E-state index in [0.717, 1.165) is 23.0 Å². The molecule has 0 amide bonds. The first-order valence-electron chi connectivity index (χ1n) is 5.41. The third-order valence-corrected chi connectivity index (χ3v) is 2.37. The van der Waals surface area contributed by atoms with Gasteiger partial charge in [0, 0.05) is 11.8 Å². The van der Waals surface area contributed by atoms with Crippen LogP contribution in [0.15, 0.2) is 34.9 Å². The van der Waals surface area contributed by atoms with Crippen molar-refractivity contribution in [2.45, 2.75) is 26.4 Å². The van der Waals surface area contributed by atoms with Gasteiger partial charge in [0.25, 0.3) is 0 Å². The average Bonchev–Trinajstić information content (AvgIpc) is 2.74. The van der Waals surface area contributed by atoms with E-state index in [1.165, 1.54) is 0 Å². The molecule has 2 rings (SSSR count). The highest BCUT2D eigenvalue weighted by molar-refractivity contribution is 5.77. The Hall–Kier alpha value is -1.77. The first-order chi connectivity index (χ1) is 7.79. The minimum Gasteiger partial charge on any atom is -0.464 e. The van der Waals surface area contributed by atoms with Gasteiger partial charge >= 0.3 is 5.97 Å². The minimum absolute atomic E-state index is 0.144. The van der Waals surface area contributed by atoms with Crippen LogP contribution in [-0.4, -0.2) is 5.97 Å². The Bertz CT molecular complexity index is 485. The number of hydrogen-bond acceptors (Lipinski definition) is 3. The molecule has 0 fully saturated rings. The van der Waals surface area contributed by atoms with Crippen molar-refractivity contribution in [1.82, 2.24) is 0 Å². The first kappa shape index (κ1) is 10.7. The molecule has 0 spiro atoms. The largest absolute Gasteiger partial charge is 0.464 e. The van der Waals surface area contributed by atoms with E-state index in [2.05, 4.69) is 0 Å². The van der Waals surface area contributed by atoms with Crippen molar-refractivity contribution in [2.75, 3.05) is 0 Å². The molecule has 1 heterocycles. The summed E-state index contributed by atoms with van der Waals surface area (Å²) in [6, 6.07) is 7.66. The lowest BCUT2D eigenvalue weighted by Gasteiger charge is -2.03. The number of carbonyl (C=O) groups is 1. The van der Waals surface area contributed by atoms with Gasteiger partial charge in [-0.05, 0) is 30.2 Å². The van der Waals surface area contributed by atoms with Gasteiger partial charge in [-0.3, -0.25) is 4.79 Å². The first-order valence-corrected chi connectivity index (χ1v) is 5.41. The number of hydrogen-bond donors (Lipinski definition) is 0. The van der Waals surface area contributed by atoms with Gasteiger partial charge < -0.3 is 9.15 Å². The topological polar surface area (TPSA) is 39.4 Å². The Balaban J connectivity index is 2.01. The molecule has 3 nitrogen and oxygen atoms in total. The monoisotopic (exact) mass is 218 g/mol. The predicted octanol–water partition coefficient (Wildman–Crippen LogP) is 3.28. The molecule has 1 aromatic heterocycles. The van der Waals surface area contributed by atoms with Gasteiger partial charge in [-0.25, -0.2) is 0 Å². The Kier molecular flexibility index (Phi) is 3.25. The highest BCUT2D eigenvalue weighted by Gasteiger charge is 2.03. The Labute approximate surface area is 94.0 Å². The fraction of sp³-hybridized carbons (Fsp3) is 0.308. The number of fused-ring (bicyclic) bond motifs is 1. The summed E-state index contributed by atoms with van der Waals surface area (Å²) in [5.41, 5.74) is 1.84. The summed E-state index contributed by atoms with van der Waals surface area (Å²) in [5.74, 6) is -0.144. The molecule has 0 bridgehead atoms. The molecular weight excluding hydrogens is 204 g/mol. The maximum absolute atomic E-state index is 11.2. The van der Waals surface area contributed by atoms with Crippen molar-refractivity contribution < 1.29 is 13.9 Å². The van der Waals surface area contributed by atoms with Crippen LogP contribution < -0.4 is 0 Å². The van der Waals surface area contributed by atoms with E-state index < -0.39 is 0 Å². The molecule has 1 aromatic carbocycles. The van der Waals surface area contributed by atoms with Crippen LogP contribution in [0.1, 0.15) is 25.3 Å². The van der Waals surface area contributed by atoms with E-state index in [4.69, 9.17) is 9.15 Å². The van der Waals surface area contributed by atoms with Crippen molar-refractivity contribution in [2.24, 2.45) is 0 Å². The average molecular weight is 218 g/mol. The van der Waals surface area contributed by atoms with Crippen molar-refractivity contribution in [3.05, 3.63) is 36.1 Å². The van der Waals surface area contributed by atoms with E-state index in [1.54, 1.807) is 6.26 Å². The van der Waals surface area contributed by atoms with Gasteiger partial charge in [-0.2, -0.15) is 0 Å². The van der Waals surface area contributed by atoms with Gasteiger partial charge in [0.05, 0.1) is 6.26 Å². The molecule has 0 atom stereocenters. The lowest BCUT2D eigenvalue weighted by molar-refractivity contribution is -0.144. The summed E-state index contributed by atoms with van der Waals surface area (Å²) in [7, 11) is 0. The molecule has 0 saturated heterocycles. The van der Waals surface area contributed by atoms with Crippen LogP contribution in [-0.2, 0) is 16.1 Å². The summed E-state index contributed by atoms with van der Waals surface area (Å²) >= 11 is 0. The quantitative estimate of drug-likeness (QED) is 0.739. The van der Waals surface area contributed by atoms with Crippen LogP contribution in [0.2, 0.25) is 0 Å². The van der Waals surface area contributed by atoms with Crippen LogP contribution in [0.4, 0.5) is 0 Å². The molecule has 0 saturated carbocycles. The van der Waals surface area contributed by atoms with E-state index in [-0.39, 0.29) is 5.97 Å². The Morgan fingerprint density at radius 2 is 2.25 bits per heavy atom. The van der Waals surface area contributed by atoms with Crippen molar-refractivity contribution in [3.63, 3.8) is 0 Å². The molecule has 16 heavy (non-hydrogen) atoms. The second-order valence-corrected chi connectivity index (χ2v) is 3.70. The zero-order valence-corrected chi connectivity index (χ0v) is 9.23. The maximum Gasteiger partial charge on any atom is 0.306 e. The standard InChI is InChI=1S/C13H14O3/c1-2-3-13(14)16-9-10-4-5-12-11(8-10)6-7-15-12/h4-8H,2-3,9H2,1H3. The number of furan rings is 1. The molecule has 2 aromatic rings. The number of carbonyl (C=O) groups excluding carboxylic acids is 1. The van der Waals surface area contributed by atoms with Gasteiger partial charge in [0.1, 0.15) is 12.2 Å². The van der Waals surface area contributed by atoms with Crippen LogP contribution >= 0.6 is 0 Å². The third kappa shape index (κ3) is 2.42. The number of benzene rings is 1. The highest BCUT2D eigenvalue weighted by atomic mass is 16.5. The lowest BCUT2D eigenvalue weighted by Crippen LogP contribution is -2.03. The Morgan fingerprint density at radius 1 is 1.38 bits per heavy atom. The van der Waals surface area contributed by atoms with Crippen molar-refractivity contribution in [1.29, 1.82) is 0 Å². The van der Waals surface area contributed by atoms with Gasteiger partial charge in [0.15, 0.2) is 0 Å². The second-order valence-electron chi connectivity index (χ2n) is 3.70. The molecule has 0 aliphatic carbocycles. The van der Waals surface area contributed by atoms with Crippen molar-refractivity contribution in [3.8, 4) is 0 Å². The van der Waals surface area contributed by atoms with Crippen molar-refractivity contribution >= 4 is 16.9 Å². The molecule has 84 valence electrons. The van der Waals surface area contributed by atoms with E-state index in [9.17, 15) is 4.79 Å². The summed E-state index contributed by atoms with van der Waals surface area (Å²) in [5, 5.41) is 1.03. The Morgan fingerprint density at radius 3 is 3.06 bits per heavy atom. The van der Waals surface area contributed by atoms with Crippen LogP contribution in [0.3, 0.4) is 0 Å². The second kappa shape index (κ2) is 4.84.